The van der Waals surface area contributed by atoms with E-state index < -0.39 is 17.9 Å². The van der Waals surface area contributed by atoms with Gasteiger partial charge in [0.05, 0.1) is 0 Å². The van der Waals surface area contributed by atoms with Crippen LogP contribution >= 0.6 is 11.6 Å². The molecule has 1 fully saturated rings. The average Bonchev–Trinajstić information content (AvgIpc) is 2.93. The number of hydrogen-bond acceptors (Lipinski definition) is 4. The molecular formula is C23H20ClF3O4. The van der Waals surface area contributed by atoms with Crippen molar-refractivity contribution in [3.8, 4) is 16.9 Å². The lowest BCUT2D eigenvalue weighted by atomic mass is 9.82. The number of esters is 1. The van der Waals surface area contributed by atoms with Crippen LogP contribution in [0.3, 0.4) is 0 Å². The molecule has 8 heteroatoms. The third-order valence-corrected chi connectivity index (χ3v) is 6.12. The summed E-state index contributed by atoms with van der Waals surface area (Å²) >= 11 is 6.47. The number of rotatable bonds is 3. The summed E-state index contributed by atoms with van der Waals surface area (Å²) in [6.07, 6.45) is -0.807. The van der Waals surface area contributed by atoms with Crippen LogP contribution in [0.5, 0.6) is 5.75 Å². The number of alkyl halides is 3. The van der Waals surface area contributed by atoms with Crippen molar-refractivity contribution in [3.63, 3.8) is 0 Å². The van der Waals surface area contributed by atoms with Crippen molar-refractivity contribution < 1.29 is 32.5 Å². The molecule has 0 amide bonds. The highest BCUT2D eigenvalue weighted by molar-refractivity contribution is 6.34. The van der Waals surface area contributed by atoms with Crippen LogP contribution in [0.2, 0.25) is 5.02 Å². The third kappa shape index (κ3) is 4.11. The van der Waals surface area contributed by atoms with Crippen LogP contribution < -0.4 is 4.74 Å². The number of aryl methyl sites for hydroxylation is 1. The molecule has 2 aromatic carbocycles. The van der Waals surface area contributed by atoms with Crippen molar-refractivity contribution in [2.24, 2.45) is 0 Å². The zero-order valence-electron chi connectivity index (χ0n) is 16.7. The molecule has 2 aliphatic rings. The Morgan fingerprint density at radius 3 is 2.32 bits per heavy atom. The molecule has 1 aliphatic carbocycles. The van der Waals surface area contributed by atoms with Crippen molar-refractivity contribution >= 4 is 23.1 Å². The van der Waals surface area contributed by atoms with Crippen molar-refractivity contribution in [1.29, 1.82) is 0 Å². The van der Waals surface area contributed by atoms with Gasteiger partial charge in [0.25, 0.3) is 0 Å². The van der Waals surface area contributed by atoms with Gasteiger partial charge in [-0.15, -0.1) is 13.2 Å². The van der Waals surface area contributed by atoms with Crippen LogP contribution in [0, 0.1) is 6.92 Å². The molecular weight excluding hydrogens is 433 g/mol. The van der Waals surface area contributed by atoms with Crippen LogP contribution in [0.1, 0.15) is 43.2 Å². The van der Waals surface area contributed by atoms with Crippen molar-refractivity contribution in [1.82, 2.24) is 0 Å². The molecule has 164 valence electrons. The summed E-state index contributed by atoms with van der Waals surface area (Å²) in [4.78, 5) is 12.6. The highest BCUT2D eigenvalue weighted by Crippen LogP contribution is 2.46. The Kier molecular flexibility index (Phi) is 5.41. The Balaban J connectivity index is 1.69. The lowest BCUT2D eigenvalue weighted by molar-refractivity contribution is -0.274. The summed E-state index contributed by atoms with van der Waals surface area (Å²) in [5.74, 6) is -0.944. The zero-order chi connectivity index (χ0) is 22.4. The van der Waals surface area contributed by atoms with Gasteiger partial charge in [0.2, 0.25) is 0 Å². The lowest BCUT2D eigenvalue weighted by Gasteiger charge is -2.31. The minimum atomic E-state index is -4.77. The first-order chi connectivity index (χ1) is 14.6. The number of ether oxygens (including phenoxy) is 2. The van der Waals surface area contributed by atoms with Gasteiger partial charge in [-0.1, -0.05) is 30.2 Å². The van der Waals surface area contributed by atoms with Crippen molar-refractivity contribution in [3.05, 3.63) is 58.3 Å². The summed E-state index contributed by atoms with van der Waals surface area (Å²) in [6.45, 7) is 1.77. The van der Waals surface area contributed by atoms with E-state index in [1.165, 1.54) is 24.3 Å². The number of carbonyl (C=O) groups excluding carboxylic acids is 1. The molecule has 31 heavy (non-hydrogen) atoms. The van der Waals surface area contributed by atoms with Gasteiger partial charge in [-0.3, -0.25) is 0 Å². The topological polar surface area (TPSA) is 55.8 Å². The van der Waals surface area contributed by atoms with Crippen LogP contribution in [0.4, 0.5) is 13.2 Å². The Hall–Kier alpha value is -2.67. The fourth-order valence-electron chi connectivity index (χ4n) is 4.31. The van der Waals surface area contributed by atoms with E-state index in [9.17, 15) is 23.1 Å². The predicted molar refractivity (Wildman–Crippen MR) is 110 cm³/mol. The molecule has 1 spiro atoms. The van der Waals surface area contributed by atoms with E-state index in [0.29, 0.717) is 40.1 Å². The molecule has 2 aromatic rings. The Morgan fingerprint density at radius 1 is 1.06 bits per heavy atom. The zero-order valence-corrected chi connectivity index (χ0v) is 17.4. The number of halogens is 4. The van der Waals surface area contributed by atoms with E-state index in [0.717, 1.165) is 19.3 Å². The first-order valence-corrected chi connectivity index (χ1v) is 10.3. The molecule has 0 radical (unpaired) electrons. The van der Waals surface area contributed by atoms with Gasteiger partial charge in [-0.25, -0.2) is 4.79 Å². The molecule has 4 rings (SSSR count). The molecule has 1 saturated carbocycles. The maximum Gasteiger partial charge on any atom is 0.573 e. The second-order valence-electron chi connectivity index (χ2n) is 7.89. The van der Waals surface area contributed by atoms with E-state index in [1.54, 1.807) is 19.1 Å². The Labute approximate surface area is 182 Å². The van der Waals surface area contributed by atoms with Crippen molar-refractivity contribution in [2.75, 3.05) is 0 Å². The van der Waals surface area contributed by atoms with Crippen LogP contribution in [-0.2, 0) is 9.53 Å². The summed E-state index contributed by atoms with van der Waals surface area (Å²) in [5.41, 5.74) is 1.51. The largest absolute Gasteiger partial charge is 0.573 e. The van der Waals surface area contributed by atoms with Crippen LogP contribution in [-0.4, -0.2) is 23.0 Å². The minimum Gasteiger partial charge on any atom is -0.507 e. The highest BCUT2D eigenvalue weighted by atomic mass is 35.5. The normalized spacial score (nSPS) is 18.4. The number of aliphatic hydroxyl groups excluding tert-OH is 1. The molecule has 0 unspecified atom stereocenters. The summed E-state index contributed by atoms with van der Waals surface area (Å²) < 4.78 is 46.6. The molecule has 0 bridgehead atoms. The fourth-order valence-corrected chi connectivity index (χ4v) is 4.58. The average molecular weight is 453 g/mol. The number of carbonyl (C=O) groups is 1. The van der Waals surface area contributed by atoms with E-state index in [1.807, 2.05) is 0 Å². The van der Waals surface area contributed by atoms with Gasteiger partial charge in [0.1, 0.15) is 11.3 Å². The number of aliphatic hydroxyl groups is 1. The fraction of sp³-hybridized carbons (Fsp3) is 0.348. The maximum atomic E-state index is 12.6. The van der Waals surface area contributed by atoms with Gasteiger partial charge in [0, 0.05) is 10.6 Å². The Morgan fingerprint density at radius 2 is 1.71 bits per heavy atom. The SMILES string of the molecule is Cc1cc(-c2ccc(OC(F)(F)F)cc2)c(Cl)cc1C1=C(O)C2(CCCCC2)OC1=O. The Bertz CT molecular complexity index is 1050. The molecule has 1 heterocycles. The van der Waals surface area contributed by atoms with Gasteiger partial charge in [0.15, 0.2) is 11.4 Å². The number of benzene rings is 2. The summed E-state index contributed by atoms with van der Waals surface area (Å²) in [6, 6.07) is 8.67. The predicted octanol–water partition coefficient (Wildman–Crippen LogP) is 6.74. The van der Waals surface area contributed by atoms with Gasteiger partial charge in [-0.2, -0.15) is 0 Å². The first kappa shape index (κ1) is 21.6. The second kappa shape index (κ2) is 7.79. The quantitative estimate of drug-likeness (QED) is 0.524. The van der Waals surface area contributed by atoms with E-state index in [-0.39, 0.29) is 17.1 Å². The van der Waals surface area contributed by atoms with E-state index in [4.69, 9.17) is 16.3 Å². The van der Waals surface area contributed by atoms with Crippen molar-refractivity contribution in [2.45, 2.75) is 51.0 Å². The summed E-state index contributed by atoms with van der Waals surface area (Å²) in [7, 11) is 0. The molecule has 1 aliphatic heterocycles. The molecule has 1 N–H and O–H groups in total. The van der Waals surface area contributed by atoms with Gasteiger partial charge in [-0.05, 0) is 73.6 Å². The lowest BCUT2D eigenvalue weighted by Crippen LogP contribution is -2.34. The van der Waals surface area contributed by atoms with E-state index >= 15 is 0 Å². The standard InChI is InChI=1S/C23H20ClF3O4/c1-13-11-17(14-5-7-15(8-6-14)30-23(25,26)27)18(24)12-16(13)19-20(28)22(31-21(19)29)9-3-2-4-10-22/h5-8,11-12,28H,2-4,9-10H2,1H3. The monoisotopic (exact) mass is 452 g/mol. The smallest absolute Gasteiger partial charge is 0.507 e. The molecule has 0 saturated heterocycles. The van der Waals surface area contributed by atoms with E-state index in [2.05, 4.69) is 4.74 Å². The van der Waals surface area contributed by atoms with Gasteiger partial charge >= 0.3 is 12.3 Å². The van der Waals surface area contributed by atoms with Gasteiger partial charge < -0.3 is 14.6 Å². The first-order valence-electron chi connectivity index (χ1n) is 9.93. The maximum absolute atomic E-state index is 12.6. The highest BCUT2D eigenvalue weighted by Gasteiger charge is 2.49. The number of hydrogen-bond donors (Lipinski definition) is 1. The van der Waals surface area contributed by atoms with Crippen LogP contribution in [0.15, 0.2) is 42.2 Å². The molecule has 0 atom stereocenters. The molecule has 4 nitrogen and oxygen atoms in total. The third-order valence-electron chi connectivity index (χ3n) is 5.80. The van der Waals surface area contributed by atoms with Crippen LogP contribution in [0.25, 0.3) is 16.7 Å². The second-order valence-corrected chi connectivity index (χ2v) is 8.29. The molecule has 0 aromatic heterocycles. The summed E-state index contributed by atoms with van der Waals surface area (Å²) in [5, 5.41) is 11.2. The minimum absolute atomic E-state index is 0.0437.